The summed E-state index contributed by atoms with van der Waals surface area (Å²) in [5, 5.41) is 3.99. The Labute approximate surface area is 130 Å². The number of carbonyl (C=O) groups is 1. The van der Waals surface area contributed by atoms with Crippen molar-refractivity contribution >= 4 is 5.91 Å². The van der Waals surface area contributed by atoms with Crippen LogP contribution in [0, 0.1) is 0 Å². The molecule has 2 heterocycles. The second kappa shape index (κ2) is 5.27. The van der Waals surface area contributed by atoms with Crippen LogP contribution in [0.1, 0.15) is 59.8 Å². The number of aromatic nitrogens is 1. The highest BCUT2D eigenvalue weighted by Gasteiger charge is 2.37. The van der Waals surface area contributed by atoms with Crippen LogP contribution in [0.15, 0.2) is 40.9 Å². The van der Waals surface area contributed by atoms with Gasteiger partial charge >= 0.3 is 0 Å². The van der Waals surface area contributed by atoms with Crippen molar-refractivity contribution in [3.8, 4) is 0 Å². The third-order valence-corrected chi connectivity index (χ3v) is 4.97. The van der Waals surface area contributed by atoms with E-state index in [-0.39, 0.29) is 11.9 Å². The molecule has 1 aromatic carbocycles. The fourth-order valence-electron chi connectivity index (χ4n) is 3.47. The van der Waals surface area contributed by atoms with Crippen molar-refractivity contribution in [1.82, 2.24) is 10.1 Å². The first-order valence-corrected chi connectivity index (χ1v) is 8.06. The molecule has 4 rings (SSSR count). The van der Waals surface area contributed by atoms with Crippen LogP contribution in [0.2, 0.25) is 0 Å². The number of hydrogen-bond donors (Lipinski definition) is 0. The Morgan fingerprint density at radius 2 is 2.00 bits per heavy atom. The monoisotopic (exact) mass is 296 g/mol. The smallest absolute Gasteiger partial charge is 0.276 e. The number of likely N-dealkylation sites (tertiary alicyclic amines) is 1. The Hall–Kier alpha value is -2.10. The first-order valence-electron chi connectivity index (χ1n) is 8.06. The van der Waals surface area contributed by atoms with E-state index in [0.717, 1.165) is 31.6 Å². The summed E-state index contributed by atoms with van der Waals surface area (Å²) in [6.07, 6.45) is 3.31. The lowest BCUT2D eigenvalue weighted by Gasteiger charge is -2.24. The summed E-state index contributed by atoms with van der Waals surface area (Å²) in [5.74, 6) is 1.76. The minimum atomic E-state index is 0.00146. The van der Waals surface area contributed by atoms with Crippen molar-refractivity contribution < 1.29 is 9.32 Å². The zero-order valence-corrected chi connectivity index (χ0v) is 12.7. The van der Waals surface area contributed by atoms with Gasteiger partial charge in [-0.15, -0.1) is 0 Å². The molecule has 2 aromatic rings. The highest BCUT2D eigenvalue weighted by atomic mass is 16.5. The molecule has 2 fully saturated rings. The van der Waals surface area contributed by atoms with Gasteiger partial charge in [-0.1, -0.05) is 35.5 Å². The van der Waals surface area contributed by atoms with Crippen LogP contribution >= 0.6 is 0 Å². The molecule has 1 aliphatic carbocycles. The molecule has 4 nitrogen and oxygen atoms in total. The van der Waals surface area contributed by atoms with Crippen molar-refractivity contribution in [1.29, 1.82) is 0 Å². The van der Waals surface area contributed by atoms with Crippen molar-refractivity contribution in [3.63, 3.8) is 0 Å². The van der Waals surface area contributed by atoms with E-state index in [2.05, 4.69) is 36.3 Å². The van der Waals surface area contributed by atoms with E-state index in [0.29, 0.717) is 17.5 Å². The lowest BCUT2D eigenvalue weighted by molar-refractivity contribution is 0.0731. The topological polar surface area (TPSA) is 46.3 Å². The molecule has 1 saturated heterocycles. The van der Waals surface area contributed by atoms with Crippen LogP contribution in [-0.2, 0) is 0 Å². The van der Waals surface area contributed by atoms with Gasteiger partial charge in [0.25, 0.3) is 5.91 Å². The predicted octanol–water partition coefficient (Wildman–Crippen LogP) is 3.57. The summed E-state index contributed by atoms with van der Waals surface area (Å²) in [7, 11) is 0. The molecule has 1 amide bonds. The number of amides is 1. The maximum Gasteiger partial charge on any atom is 0.276 e. The Morgan fingerprint density at radius 3 is 2.73 bits per heavy atom. The number of rotatable bonds is 3. The Morgan fingerprint density at radius 1 is 1.23 bits per heavy atom. The second-order valence-corrected chi connectivity index (χ2v) is 6.43. The lowest BCUT2D eigenvalue weighted by atomic mass is 9.93. The second-order valence-electron chi connectivity index (χ2n) is 6.43. The van der Waals surface area contributed by atoms with E-state index < -0.39 is 0 Å². The van der Waals surface area contributed by atoms with Crippen LogP contribution in [0.3, 0.4) is 0 Å². The number of benzene rings is 1. The summed E-state index contributed by atoms with van der Waals surface area (Å²) >= 11 is 0. The van der Waals surface area contributed by atoms with Crippen LogP contribution in [-0.4, -0.2) is 28.6 Å². The minimum absolute atomic E-state index is 0.00146. The minimum Gasteiger partial charge on any atom is -0.360 e. The van der Waals surface area contributed by atoms with Crippen molar-refractivity contribution in [2.24, 2.45) is 0 Å². The zero-order chi connectivity index (χ0) is 15.1. The van der Waals surface area contributed by atoms with Crippen molar-refractivity contribution in [2.45, 2.75) is 44.1 Å². The molecule has 1 aliphatic heterocycles. The van der Waals surface area contributed by atoms with E-state index in [1.165, 1.54) is 5.56 Å². The van der Waals surface area contributed by atoms with Gasteiger partial charge in [-0.05, 0) is 31.7 Å². The predicted molar refractivity (Wildman–Crippen MR) is 82.8 cm³/mol. The fraction of sp³-hybridized carbons (Fsp3) is 0.444. The molecule has 0 spiro atoms. The van der Waals surface area contributed by atoms with Gasteiger partial charge in [0.15, 0.2) is 5.69 Å². The molecule has 1 saturated carbocycles. The summed E-state index contributed by atoms with van der Waals surface area (Å²) in [6.45, 7) is 2.91. The Balaban J connectivity index is 1.51. The SMILES string of the molecule is C[C@@H]1[C@H](c2ccccc2)CCN1C(=O)c1cc(C2CC2)on1. The standard InChI is InChI=1S/C18H20N2O2/c1-12-15(13-5-3-2-4-6-13)9-10-20(12)18(21)16-11-17(22-19-16)14-7-8-14/h2-6,11-12,14-15H,7-10H2,1H3/t12-,15-/m1/s1. The van der Waals surface area contributed by atoms with E-state index in [9.17, 15) is 4.79 Å². The summed E-state index contributed by atoms with van der Waals surface area (Å²) < 4.78 is 5.32. The van der Waals surface area contributed by atoms with Crippen LogP contribution in [0.25, 0.3) is 0 Å². The van der Waals surface area contributed by atoms with Gasteiger partial charge < -0.3 is 9.42 Å². The summed E-state index contributed by atoms with van der Waals surface area (Å²) in [4.78, 5) is 14.6. The molecule has 2 aliphatic rings. The third-order valence-electron chi connectivity index (χ3n) is 4.97. The number of nitrogens with zero attached hydrogens (tertiary/aromatic N) is 2. The van der Waals surface area contributed by atoms with Crippen LogP contribution < -0.4 is 0 Å². The van der Waals surface area contributed by atoms with E-state index in [4.69, 9.17) is 4.52 Å². The molecule has 0 radical (unpaired) electrons. The number of hydrogen-bond acceptors (Lipinski definition) is 3. The average molecular weight is 296 g/mol. The maximum absolute atomic E-state index is 12.7. The van der Waals surface area contributed by atoms with Gasteiger partial charge in [0.1, 0.15) is 5.76 Å². The largest absolute Gasteiger partial charge is 0.360 e. The lowest BCUT2D eigenvalue weighted by Crippen LogP contribution is -2.35. The van der Waals surface area contributed by atoms with E-state index >= 15 is 0 Å². The molecule has 22 heavy (non-hydrogen) atoms. The van der Waals surface area contributed by atoms with Gasteiger partial charge in [0.05, 0.1) is 0 Å². The maximum atomic E-state index is 12.7. The first kappa shape index (κ1) is 13.6. The van der Waals surface area contributed by atoms with Crippen LogP contribution in [0.4, 0.5) is 0 Å². The first-order chi connectivity index (χ1) is 10.7. The summed E-state index contributed by atoms with van der Waals surface area (Å²) in [5.41, 5.74) is 1.77. The van der Waals surface area contributed by atoms with Gasteiger partial charge in [-0.25, -0.2) is 0 Å². The van der Waals surface area contributed by atoms with Gasteiger partial charge in [-0.2, -0.15) is 0 Å². The zero-order valence-electron chi connectivity index (χ0n) is 12.7. The third kappa shape index (κ3) is 2.32. The van der Waals surface area contributed by atoms with Crippen LogP contribution in [0.5, 0.6) is 0 Å². The molecule has 0 bridgehead atoms. The van der Waals surface area contributed by atoms with Crippen molar-refractivity contribution in [2.75, 3.05) is 6.54 Å². The number of carbonyl (C=O) groups excluding carboxylic acids is 1. The Kier molecular flexibility index (Phi) is 3.25. The highest BCUT2D eigenvalue weighted by molar-refractivity contribution is 5.92. The van der Waals surface area contributed by atoms with E-state index in [1.54, 1.807) is 0 Å². The quantitative estimate of drug-likeness (QED) is 0.870. The fourth-order valence-corrected chi connectivity index (χ4v) is 3.47. The molecule has 4 heteroatoms. The molecule has 0 N–H and O–H groups in total. The molecule has 2 atom stereocenters. The molecular weight excluding hydrogens is 276 g/mol. The molecule has 1 aromatic heterocycles. The highest BCUT2D eigenvalue weighted by Crippen LogP contribution is 2.40. The van der Waals surface area contributed by atoms with Crippen molar-refractivity contribution in [3.05, 3.63) is 53.4 Å². The molecule has 0 unspecified atom stereocenters. The van der Waals surface area contributed by atoms with E-state index in [1.807, 2.05) is 17.0 Å². The summed E-state index contributed by atoms with van der Waals surface area (Å²) in [6, 6.07) is 12.5. The molecule has 114 valence electrons. The van der Waals surface area contributed by atoms with Gasteiger partial charge in [0.2, 0.25) is 0 Å². The normalized spacial score (nSPS) is 24.7. The van der Waals surface area contributed by atoms with Gasteiger partial charge in [0, 0.05) is 30.5 Å². The average Bonchev–Trinajstić information content (AvgIpc) is 3.15. The van der Waals surface area contributed by atoms with Gasteiger partial charge in [-0.3, -0.25) is 4.79 Å². The Bertz CT molecular complexity index is 675. The molecular formula is C18H20N2O2.